The number of aliphatic hydroxyl groups is 1. The summed E-state index contributed by atoms with van der Waals surface area (Å²) in [5.74, 6) is 0.746. The first-order valence-electron chi connectivity index (χ1n) is 6.61. The van der Waals surface area contributed by atoms with E-state index in [1.54, 1.807) is 0 Å². The highest BCUT2D eigenvalue weighted by molar-refractivity contribution is 9.10. The van der Waals surface area contributed by atoms with Gasteiger partial charge in [0, 0.05) is 16.0 Å². The summed E-state index contributed by atoms with van der Waals surface area (Å²) in [6.45, 7) is 2.55. The van der Waals surface area contributed by atoms with Crippen molar-refractivity contribution >= 4 is 33.2 Å². The molecular formula is C16H17BrClNO2. The Morgan fingerprint density at radius 3 is 2.71 bits per heavy atom. The number of aryl methyl sites for hydroxylation is 1. The van der Waals surface area contributed by atoms with Crippen LogP contribution in [0.3, 0.4) is 0 Å². The van der Waals surface area contributed by atoms with Gasteiger partial charge in [-0.1, -0.05) is 29.8 Å². The summed E-state index contributed by atoms with van der Waals surface area (Å²) in [4.78, 5) is 0. The highest BCUT2D eigenvalue weighted by atomic mass is 79.9. The number of hydrogen-bond donors (Lipinski definition) is 2. The largest absolute Gasteiger partial charge is 0.491 e. The van der Waals surface area contributed by atoms with Gasteiger partial charge in [0.1, 0.15) is 18.5 Å². The molecule has 0 amide bonds. The van der Waals surface area contributed by atoms with Crippen LogP contribution in [0.5, 0.6) is 5.75 Å². The van der Waals surface area contributed by atoms with Crippen molar-refractivity contribution in [2.75, 3.05) is 18.5 Å². The van der Waals surface area contributed by atoms with Crippen LogP contribution in [0.15, 0.2) is 46.9 Å². The second-order valence-electron chi connectivity index (χ2n) is 4.74. The number of aliphatic hydroxyl groups excluding tert-OH is 1. The van der Waals surface area contributed by atoms with E-state index in [0.717, 1.165) is 21.5 Å². The van der Waals surface area contributed by atoms with E-state index in [9.17, 15) is 5.11 Å². The van der Waals surface area contributed by atoms with Crippen LogP contribution in [0.25, 0.3) is 0 Å². The van der Waals surface area contributed by atoms with E-state index in [4.69, 9.17) is 16.3 Å². The topological polar surface area (TPSA) is 41.5 Å². The molecule has 2 rings (SSSR count). The van der Waals surface area contributed by atoms with Gasteiger partial charge in [-0.15, -0.1) is 0 Å². The molecule has 0 saturated carbocycles. The summed E-state index contributed by atoms with van der Waals surface area (Å²) in [6.07, 6.45) is -0.614. The van der Waals surface area contributed by atoms with E-state index >= 15 is 0 Å². The summed E-state index contributed by atoms with van der Waals surface area (Å²) in [5.41, 5.74) is 1.85. The minimum atomic E-state index is -0.614. The Morgan fingerprint density at radius 1 is 1.29 bits per heavy atom. The van der Waals surface area contributed by atoms with Crippen molar-refractivity contribution in [1.82, 2.24) is 0 Å². The van der Waals surface area contributed by atoms with E-state index in [1.807, 2.05) is 49.4 Å². The van der Waals surface area contributed by atoms with Gasteiger partial charge in [0.25, 0.3) is 0 Å². The summed E-state index contributed by atoms with van der Waals surface area (Å²) in [7, 11) is 0. The third-order valence-corrected chi connectivity index (χ3v) is 4.03. The van der Waals surface area contributed by atoms with Gasteiger partial charge in [0.15, 0.2) is 0 Å². The fourth-order valence-corrected chi connectivity index (χ4v) is 2.54. The standard InChI is InChI=1S/C16H17BrClNO2/c1-11-7-14(17)16(8-15(11)18)19-9-12(20)10-21-13-5-3-2-4-6-13/h2-8,12,19-20H,9-10H2,1H3. The number of anilines is 1. The van der Waals surface area contributed by atoms with Crippen LogP contribution in [0, 0.1) is 6.92 Å². The average Bonchev–Trinajstić information content (AvgIpc) is 2.48. The molecule has 0 spiro atoms. The van der Waals surface area contributed by atoms with Gasteiger partial charge < -0.3 is 15.2 Å². The Balaban J connectivity index is 1.84. The Labute approximate surface area is 138 Å². The molecule has 0 bridgehead atoms. The van der Waals surface area contributed by atoms with Gasteiger partial charge in [-0.25, -0.2) is 0 Å². The average molecular weight is 371 g/mol. The van der Waals surface area contributed by atoms with Crippen molar-refractivity contribution in [3.8, 4) is 5.75 Å². The number of halogens is 2. The first-order valence-corrected chi connectivity index (χ1v) is 7.79. The molecule has 0 radical (unpaired) electrons. The second-order valence-corrected chi connectivity index (χ2v) is 6.00. The third-order valence-electron chi connectivity index (χ3n) is 2.96. The number of hydrogen-bond acceptors (Lipinski definition) is 3. The van der Waals surface area contributed by atoms with Crippen LogP contribution < -0.4 is 10.1 Å². The van der Waals surface area contributed by atoms with Crippen LogP contribution in [-0.2, 0) is 0 Å². The van der Waals surface area contributed by atoms with E-state index in [1.165, 1.54) is 0 Å². The zero-order valence-corrected chi connectivity index (χ0v) is 14.0. The summed E-state index contributed by atoms with van der Waals surface area (Å²) >= 11 is 9.57. The molecule has 0 saturated heterocycles. The molecule has 2 N–H and O–H groups in total. The third kappa shape index (κ3) is 4.92. The Morgan fingerprint density at radius 2 is 2.00 bits per heavy atom. The molecular weight excluding hydrogens is 354 g/mol. The molecule has 2 aromatic carbocycles. The molecule has 5 heteroatoms. The monoisotopic (exact) mass is 369 g/mol. The number of nitrogens with one attached hydrogen (secondary N) is 1. The molecule has 21 heavy (non-hydrogen) atoms. The lowest BCUT2D eigenvalue weighted by Crippen LogP contribution is -2.26. The highest BCUT2D eigenvalue weighted by Gasteiger charge is 2.08. The number of rotatable bonds is 6. The van der Waals surface area contributed by atoms with Crippen molar-refractivity contribution in [2.45, 2.75) is 13.0 Å². The van der Waals surface area contributed by atoms with Crippen LogP contribution >= 0.6 is 27.5 Å². The maximum absolute atomic E-state index is 9.95. The number of ether oxygens (including phenoxy) is 1. The number of benzene rings is 2. The van der Waals surface area contributed by atoms with Crippen molar-refractivity contribution in [2.24, 2.45) is 0 Å². The second kappa shape index (κ2) is 7.69. The van der Waals surface area contributed by atoms with Crippen LogP contribution in [-0.4, -0.2) is 24.4 Å². The lowest BCUT2D eigenvalue weighted by molar-refractivity contribution is 0.117. The van der Waals surface area contributed by atoms with Gasteiger partial charge in [-0.3, -0.25) is 0 Å². The smallest absolute Gasteiger partial charge is 0.119 e. The normalized spacial score (nSPS) is 12.0. The first-order chi connectivity index (χ1) is 10.1. The minimum Gasteiger partial charge on any atom is -0.491 e. The zero-order chi connectivity index (χ0) is 15.2. The molecule has 0 aliphatic heterocycles. The molecule has 2 aromatic rings. The fraction of sp³-hybridized carbons (Fsp3) is 0.250. The molecule has 0 aromatic heterocycles. The van der Waals surface area contributed by atoms with Gasteiger partial charge >= 0.3 is 0 Å². The van der Waals surface area contributed by atoms with Crippen LogP contribution in [0.2, 0.25) is 5.02 Å². The van der Waals surface area contributed by atoms with Gasteiger partial charge in [0.05, 0.1) is 5.69 Å². The van der Waals surface area contributed by atoms with Crippen molar-refractivity contribution in [3.63, 3.8) is 0 Å². The molecule has 112 valence electrons. The van der Waals surface area contributed by atoms with E-state index in [2.05, 4.69) is 21.2 Å². The van der Waals surface area contributed by atoms with Gasteiger partial charge in [-0.05, 0) is 52.7 Å². The fourth-order valence-electron chi connectivity index (χ4n) is 1.78. The molecule has 0 fully saturated rings. The molecule has 3 nitrogen and oxygen atoms in total. The van der Waals surface area contributed by atoms with E-state index in [0.29, 0.717) is 11.6 Å². The predicted molar refractivity (Wildman–Crippen MR) is 90.3 cm³/mol. The maximum atomic E-state index is 9.95. The Bertz CT molecular complexity index is 592. The first kappa shape index (κ1) is 16.1. The van der Waals surface area contributed by atoms with Crippen molar-refractivity contribution < 1.29 is 9.84 Å². The zero-order valence-electron chi connectivity index (χ0n) is 11.6. The SMILES string of the molecule is Cc1cc(Br)c(NCC(O)COc2ccccc2)cc1Cl. The van der Waals surface area contributed by atoms with Gasteiger partial charge in [-0.2, -0.15) is 0 Å². The summed E-state index contributed by atoms with van der Waals surface area (Å²) < 4.78 is 6.42. The minimum absolute atomic E-state index is 0.230. The van der Waals surface area contributed by atoms with Crippen LogP contribution in [0.4, 0.5) is 5.69 Å². The van der Waals surface area contributed by atoms with E-state index in [-0.39, 0.29) is 6.61 Å². The molecule has 0 aliphatic carbocycles. The Kier molecular flexibility index (Phi) is 5.91. The van der Waals surface area contributed by atoms with Crippen LogP contribution in [0.1, 0.15) is 5.56 Å². The predicted octanol–water partition coefficient (Wildman–Crippen LogP) is 4.26. The van der Waals surface area contributed by atoms with Crippen molar-refractivity contribution in [1.29, 1.82) is 0 Å². The highest BCUT2D eigenvalue weighted by Crippen LogP contribution is 2.29. The summed E-state index contributed by atoms with van der Waals surface area (Å²) in [5, 5.41) is 13.8. The molecule has 1 unspecified atom stereocenters. The quantitative estimate of drug-likeness (QED) is 0.798. The summed E-state index contributed by atoms with van der Waals surface area (Å²) in [6, 6.07) is 13.2. The van der Waals surface area contributed by atoms with Crippen molar-refractivity contribution in [3.05, 3.63) is 57.5 Å². The maximum Gasteiger partial charge on any atom is 0.119 e. The number of para-hydroxylation sites is 1. The molecule has 0 heterocycles. The van der Waals surface area contributed by atoms with E-state index < -0.39 is 6.10 Å². The van der Waals surface area contributed by atoms with Gasteiger partial charge in [0.2, 0.25) is 0 Å². The Hall–Kier alpha value is -1.23. The lowest BCUT2D eigenvalue weighted by atomic mass is 10.2. The lowest BCUT2D eigenvalue weighted by Gasteiger charge is -2.15. The molecule has 1 atom stereocenters. The molecule has 0 aliphatic rings.